The summed E-state index contributed by atoms with van der Waals surface area (Å²) in [5.74, 6) is 0. The van der Waals surface area contributed by atoms with E-state index in [1.54, 1.807) is 18.3 Å². The molecule has 68 valence electrons. The molecule has 2 N–H and O–H groups in total. The topological polar surface area (TPSA) is 68.9 Å². The predicted octanol–water partition coefficient (Wildman–Crippen LogP) is 0.746. The number of aliphatic hydroxyl groups excluding tert-OH is 1. The van der Waals surface area contributed by atoms with Crippen LogP contribution in [0.3, 0.4) is 0 Å². The van der Waals surface area contributed by atoms with Crippen LogP contribution in [0.4, 0.5) is 5.69 Å². The summed E-state index contributed by atoms with van der Waals surface area (Å²) in [5, 5.41) is 20.3. The molecule has 1 rings (SSSR count). The largest absolute Gasteiger partial charge is 0.394 e. The summed E-state index contributed by atoms with van der Waals surface area (Å²) in [4.78, 5) is 3.88. The summed E-state index contributed by atoms with van der Waals surface area (Å²) in [5.41, 5.74) is 1.20. The first-order valence-electron chi connectivity index (χ1n) is 4.00. The van der Waals surface area contributed by atoms with E-state index in [0.717, 1.165) is 5.69 Å². The first-order chi connectivity index (χ1) is 6.26. The molecular weight excluding hydrogens is 166 g/mol. The Balaban J connectivity index is 2.65. The smallest absolute Gasteiger partial charge is 0.140 e. The number of hydrogen-bond acceptors (Lipinski definition) is 4. The number of nitrogens with one attached hydrogen (secondary N) is 1. The lowest BCUT2D eigenvalue weighted by Crippen LogP contribution is -2.19. The van der Waals surface area contributed by atoms with Crippen molar-refractivity contribution in [3.8, 4) is 6.07 Å². The zero-order valence-corrected chi connectivity index (χ0v) is 7.36. The fourth-order valence-electron chi connectivity index (χ4n) is 0.876. The van der Waals surface area contributed by atoms with Crippen molar-refractivity contribution in [2.24, 2.45) is 0 Å². The molecule has 0 fully saturated rings. The van der Waals surface area contributed by atoms with E-state index in [2.05, 4.69) is 10.3 Å². The molecule has 0 spiro atoms. The Labute approximate surface area is 76.8 Å². The lowest BCUT2D eigenvalue weighted by Gasteiger charge is -2.11. The molecule has 13 heavy (non-hydrogen) atoms. The van der Waals surface area contributed by atoms with E-state index in [9.17, 15) is 0 Å². The van der Waals surface area contributed by atoms with Crippen LogP contribution in [0.25, 0.3) is 0 Å². The van der Waals surface area contributed by atoms with Crippen LogP contribution in [0, 0.1) is 11.3 Å². The SMILES string of the molecule is C[C@H](CO)Nc1ccc(C#N)nc1. The minimum Gasteiger partial charge on any atom is -0.394 e. The molecule has 0 radical (unpaired) electrons. The molecule has 0 bridgehead atoms. The second kappa shape index (κ2) is 4.43. The van der Waals surface area contributed by atoms with Gasteiger partial charge in [-0.2, -0.15) is 5.26 Å². The minimum absolute atomic E-state index is 0.00487. The Kier molecular flexibility index (Phi) is 3.23. The first-order valence-corrected chi connectivity index (χ1v) is 4.00. The molecule has 1 aromatic rings. The summed E-state index contributed by atoms with van der Waals surface area (Å²) in [6, 6.07) is 5.32. The Morgan fingerprint density at radius 1 is 1.69 bits per heavy atom. The first kappa shape index (κ1) is 9.49. The van der Waals surface area contributed by atoms with Gasteiger partial charge in [0.25, 0.3) is 0 Å². The van der Waals surface area contributed by atoms with E-state index >= 15 is 0 Å². The minimum atomic E-state index is -0.00487. The maximum atomic E-state index is 8.76. The Morgan fingerprint density at radius 2 is 2.46 bits per heavy atom. The Bertz CT molecular complexity index is 302. The van der Waals surface area contributed by atoms with Crippen LogP contribution in [0.15, 0.2) is 18.3 Å². The Hall–Kier alpha value is -1.60. The highest BCUT2D eigenvalue weighted by Crippen LogP contribution is 2.06. The molecule has 0 aliphatic carbocycles. The van der Waals surface area contributed by atoms with Crippen molar-refractivity contribution in [1.29, 1.82) is 5.26 Å². The Morgan fingerprint density at radius 3 is 2.92 bits per heavy atom. The van der Waals surface area contributed by atoms with E-state index in [-0.39, 0.29) is 12.6 Å². The third-order valence-electron chi connectivity index (χ3n) is 1.56. The van der Waals surface area contributed by atoms with Crippen molar-refractivity contribution < 1.29 is 5.11 Å². The van der Waals surface area contributed by atoms with Gasteiger partial charge >= 0.3 is 0 Å². The molecule has 0 amide bonds. The van der Waals surface area contributed by atoms with Crippen molar-refractivity contribution in [3.63, 3.8) is 0 Å². The lowest BCUT2D eigenvalue weighted by molar-refractivity contribution is 0.281. The van der Waals surface area contributed by atoms with Gasteiger partial charge in [-0.05, 0) is 19.1 Å². The molecule has 1 heterocycles. The zero-order valence-electron chi connectivity index (χ0n) is 7.36. The number of nitriles is 1. The zero-order chi connectivity index (χ0) is 9.68. The molecule has 0 saturated carbocycles. The molecule has 4 nitrogen and oxygen atoms in total. The normalized spacial score (nSPS) is 11.8. The van der Waals surface area contributed by atoms with Gasteiger partial charge in [0.05, 0.1) is 18.5 Å². The van der Waals surface area contributed by atoms with E-state index in [4.69, 9.17) is 10.4 Å². The average molecular weight is 177 g/mol. The fourth-order valence-corrected chi connectivity index (χ4v) is 0.876. The second-order valence-corrected chi connectivity index (χ2v) is 2.77. The van der Waals surface area contributed by atoms with Crippen LogP contribution in [-0.4, -0.2) is 22.7 Å². The molecule has 1 atom stereocenters. The monoisotopic (exact) mass is 177 g/mol. The van der Waals surface area contributed by atoms with E-state index in [1.807, 2.05) is 13.0 Å². The van der Waals surface area contributed by atoms with Gasteiger partial charge in [0.2, 0.25) is 0 Å². The summed E-state index contributed by atoms with van der Waals surface area (Å²) < 4.78 is 0. The summed E-state index contributed by atoms with van der Waals surface area (Å²) in [6.07, 6.45) is 1.57. The van der Waals surface area contributed by atoms with Crippen LogP contribution in [0.1, 0.15) is 12.6 Å². The maximum Gasteiger partial charge on any atom is 0.140 e. The third-order valence-corrected chi connectivity index (χ3v) is 1.56. The number of aromatic nitrogens is 1. The third kappa shape index (κ3) is 2.73. The highest BCUT2D eigenvalue weighted by Gasteiger charge is 1.99. The van der Waals surface area contributed by atoms with E-state index in [1.165, 1.54) is 0 Å². The number of nitrogens with zero attached hydrogens (tertiary/aromatic N) is 2. The number of anilines is 1. The van der Waals surface area contributed by atoms with Crippen LogP contribution >= 0.6 is 0 Å². The van der Waals surface area contributed by atoms with Gasteiger partial charge in [0.1, 0.15) is 11.8 Å². The molecular formula is C9H11N3O. The second-order valence-electron chi connectivity index (χ2n) is 2.77. The van der Waals surface area contributed by atoms with Crippen molar-refractivity contribution in [3.05, 3.63) is 24.0 Å². The predicted molar refractivity (Wildman–Crippen MR) is 49.1 cm³/mol. The number of hydrogen-bond donors (Lipinski definition) is 2. The van der Waals surface area contributed by atoms with Crippen LogP contribution < -0.4 is 5.32 Å². The average Bonchev–Trinajstić information content (AvgIpc) is 2.19. The molecule has 0 aliphatic rings. The molecule has 4 heteroatoms. The van der Waals surface area contributed by atoms with Crippen molar-refractivity contribution >= 4 is 5.69 Å². The number of pyridine rings is 1. The number of rotatable bonds is 3. The van der Waals surface area contributed by atoms with Gasteiger partial charge in [0, 0.05) is 6.04 Å². The van der Waals surface area contributed by atoms with Gasteiger partial charge in [-0.1, -0.05) is 0 Å². The summed E-state index contributed by atoms with van der Waals surface area (Å²) in [7, 11) is 0. The van der Waals surface area contributed by atoms with E-state index in [0.29, 0.717) is 5.69 Å². The summed E-state index contributed by atoms with van der Waals surface area (Å²) in [6.45, 7) is 1.93. The highest BCUT2D eigenvalue weighted by atomic mass is 16.3. The molecule has 0 aliphatic heterocycles. The summed E-state index contributed by atoms with van der Waals surface area (Å²) >= 11 is 0. The van der Waals surface area contributed by atoms with Crippen molar-refractivity contribution in [2.45, 2.75) is 13.0 Å². The van der Waals surface area contributed by atoms with Gasteiger partial charge in [0.15, 0.2) is 0 Å². The standard InChI is InChI=1S/C9H11N3O/c1-7(6-13)12-9-3-2-8(4-10)11-5-9/h2-3,5,7,12-13H,6H2,1H3/t7-/m1/s1. The van der Waals surface area contributed by atoms with Gasteiger partial charge in [-0.3, -0.25) is 0 Å². The van der Waals surface area contributed by atoms with Gasteiger partial charge in [-0.15, -0.1) is 0 Å². The van der Waals surface area contributed by atoms with Crippen LogP contribution in [0.2, 0.25) is 0 Å². The fraction of sp³-hybridized carbons (Fsp3) is 0.333. The maximum absolute atomic E-state index is 8.76. The van der Waals surface area contributed by atoms with Crippen LogP contribution in [-0.2, 0) is 0 Å². The quantitative estimate of drug-likeness (QED) is 0.714. The molecule has 0 aromatic carbocycles. The molecule has 1 aromatic heterocycles. The van der Waals surface area contributed by atoms with Gasteiger partial charge < -0.3 is 10.4 Å². The molecule has 0 saturated heterocycles. The van der Waals surface area contributed by atoms with Crippen molar-refractivity contribution in [2.75, 3.05) is 11.9 Å². The van der Waals surface area contributed by atoms with E-state index < -0.39 is 0 Å². The molecule has 0 unspecified atom stereocenters. The highest BCUT2D eigenvalue weighted by molar-refractivity contribution is 5.43. The number of aliphatic hydroxyl groups is 1. The van der Waals surface area contributed by atoms with Crippen LogP contribution in [0.5, 0.6) is 0 Å². The van der Waals surface area contributed by atoms with Crippen molar-refractivity contribution in [1.82, 2.24) is 4.98 Å². The van der Waals surface area contributed by atoms with Gasteiger partial charge in [-0.25, -0.2) is 4.98 Å². The lowest BCUT2D eigenvalue weighted by atomic mass is 10.3.